The zero-order valence-electron chi connectivity index (χ0n) is 35.9. The Balaban J connectivity index is 1.08. The standard InChI is InChI=1S/C56H58N4/c1-36-24-41-25-37(2)30-55(29-36,33-41)48-19-14-44(15-20-48)51-28-47(43-12-10-40(35-57)11-13-43)18-23-50(51)54-59-52(45-8-6-5-7-9-45)58-53(60-54)46-16-21-49(22-17-46)56-31-38(3)26-42(34-56)27-39(4)32-56/h5-23,28,36-39,41-42H,24-27,29-34H2,1-4H3/t36-,37?,38-,39+,41-,42-,55?,56?/m0/s1. The molecule has 4 nitrogen and oxygen atoms in total. The van der Waals surface area contributed by atoms with Gasteiger partial charge in [-0.3, -0.25) is 0 Å². The molecule has 0 radical (unpaired) electrons. The summed E-state index contributed by atoms with van der Waals surface area (Å²) in [6, 6.07) is 46.0. The minimum absolute atomic E-state index is 0.265. The lowest BCUT2D eigenvalue weighted by molar-refractivity contribution is 0.0779. The SMILES string of the molecule is CC1C[C@@H]2C[C@H](C)CC(c3ccc(-c4cc(-c5ccc(C#N)cc5)ccc4-c4nc(-c5ccccc5)nc(-c5ccc(C67C[C@H](C)C[C@H](C[C@H](C)C6)C7)cc5)n4)cc3)(C1)C2. The fourth-order valence-corrected chi connectivity index (χ4v) is 13.3. The van der Waals surface area contributed by atoms with Crippen molar-refractivity contribution in [2.45, 2.75) is 103 Å². The Kier molecular flexibility index (Phi) is 10.1. The van der Waals surface area contributed by atoms with Crippen molar-refractivity contribution >= 4 is 0 Å². The van der Waals surface area contributed by atoms with Gasteiger partial charge in [-0.15, -0.1) is 0 Å². The van der Waals surface area contributed by atoms with Crippen molar-refractivity contribution in [3.05, 3.63) is 138 Å². The van der Waals surface area contributed by atoms with Crippen LogP contribution in [-0.2, 0) is 10.8 Å². The number of fused-ring (bicyclic) bond motifs is 4. The Labute approximate surface area is 357 Å². The highest BCUT2D eigenvalue weighted by Gasteiger charge is 2.46. The molecule has 4 aliphatic carbocycles. The fraction of sp³-hybridized carbons (Fsp3) is 0.393. The maximum atomic E-state index is 9.52. The molecule has 302 valence electrons. The van der Waals surface area contributed by atoms with Crippen LogP contribution in [0.25, 0.3) is 56.4 Å². The van der Waals surface area contributed by atoms with Gasteiger partial charge in [0.1, 0.15) is 0 Å². The summed E-state index contributed by atoms with van der Waals surface area (Å²) < 4.78 is 0. The van der Waals surface area contributed by atoms with Crippen LogP contribution < -0.4 is 0 Å². The number of nitriles is 1. The maximum absolute atomic E-state index is 9.52. The quantitative estimate of drug-likeness (QED) is 0.162. The molecule has 4 saturated carbocycles. The van der Waals surface area contributed by atoms with Crippen LogP contribution in [0, 0.1) is 46.8 Å². The van der Waals surface area contributed by atoms with E-state index in [-0.39, 0.29) is 10.8 Å². The van der Waals surface area contributed by atoms with E-state index in [1.165, 1.54) is 75.3 Å². The van der Waals surface area contributed by atoms with Gasteiger partial charge in [0.05, 0.1) is 11.6 Å². The largest absolute Gasteiger partial charge is 0.208 e. The Morgan fingerprint density at radius 1 is 0.433 bits per heavy atom. The van der Waals surface area contributed by atoms with Crippen LogP contribution in [0.15, 0.2) is 121 Å². The third kappa shape index (κ3) is 7.40. The van der Waals surface area contributed by atoms with Gasteiger partial charge in [-0.25, -0.2) is 15.0 Å². The molecule has 4 bridgehead atoms. The molecule has 0 saturated heterocycles. The lowest BCUT2D eigenvalue weighted by Crippen LogP contribution is -2.42. The van der Waals surface area contributed by atoms with Crippen LogP contribution >= 0.6 is 0 Å². The van der Waals surface area contributed by atoms with Crippen molar-refractivity contribution in [1.82, 2.24) is 15.0 Å². The first-order valence-corrected chi connectivity index (χ1v) is 22.8. The highest BCUT2D eigenvalue weighted by molar-refractivity contribution is 5.86. The molecule has 4 heteroatoms. The average molecular weight is 787 g/mol. The molecule has 4 aliphatic rings. The van der Waals surface area contributed by atoms with E-state index in [9.17, 15) is 5.26 Å². The van der Waals surface area contributed by atoms with Crippen LogP contribution in [0.1, 0.15) is 109 Å². The van der Waals surface area contributed by atoms with Gasteiger partial charge in [-0.05, 0) is 168 Å². The lowest BCUT2D eigenvalue weighted by atomic mass is 9.54. The molecule has 0 aliphatic heterocycles. The zero-order valence-corrected chi connectivity index (χ0v) is 35.9. The first-order valence-electron chi connectivity index (χ1n) is 22.8. The van der Waals surface area contributed by atoms with Gasteiger partial charge in [0, 0.05) is 16.7 Å². The summed E-state index contributed by atoms with van der Waals surface area (Å²) in [5, 5.41) is 9.52. The van der Waals surface area contributed by atoms with E-state index in [4.69, 9.17) is 15.0 Å². The third-order valence-corrected chi connectivity index (χ3v) is 15.1. The fourth-order valence-electron chi connectivity index (χ4n) is 13.3. The molecule has 6 aromatic rings. The number of benzene rings is 5. The second kappa shape index (κ2) is 15.6. The van der Waals surface area contributed by atoms with Crippen molar-refractivity contribution in [2.75, 3.05) is 0 Å². The summed E-state index contributed by atoms with van der Waals surface area (Å²) in [6.45, 7) is 9.86. The van der Waals surface area contributed by atoms with Crippen LogP contribution in [0.5, 0.6) is 0 Å². The molecule has 5 aromatic carbocycles. The predicted octanol–water partition coefficient (Wildman–Crippen LogP) is 14.3. The normalized spacial score (nSPS) is 28.4. The summed E-state index contributed by atoms with van der Waals surface area (Å²) in [5.41, 5.74) is 11.5. The Morgan fingerprint density at radius 2 is 0.867 bits per heavy atom. The van der Waals surface area contributed by atoms with Gasteiger partial charge in [-0.2, -0.15) is 5.26 Å². The van der Waals surface area contributed by atoms with Crippen LogP contribution in [0.4, 0.5) is 0 Å². The third-order valence-electron chi connectivity index (χ3n) is 15.1. The van der Waals surface area contributed by atoms with Crippen molar-refractivity contribution in [1.29, 1.82) is 5.26 Å². The smallest absolute Gasteiger partial charge is 0.164 e. The van der Waals surface area contributed by atoms with Crippen molar-refractivity contribution in [3.63, 3.8) is 0 Å². The van der Waals surface area contributed by atoms with Crippen molar-refractivity contribution < 1.29 is 0 Å². The van der Waals surface area contributed by atoms with E-state index in [2.05, 4.69) is 125 Å². The molecular formula is C56H58N4. The molecule has 1 aromatic heterocycles. The molecule has 3 unspecified atom stereocenters. The van der Waals surface area contributed by atoms with E-state index >= 15 is 0 Å². The monoisotopic (exact) mass is 786 g/mol. The summed E-state index contributed by atoms with van der Waals surface area (Å²) in [6.07, 6.45) is 13.3. The van der Waals surface area contributed by atoms with Gasteiger partial charge in [-0.1, -0.05) is 125 Å². The summed E-state index contributed by atoms with van der Waals surface area (Å²) >= 11 is 0. The maximum Gasteiger partial charge on any atom is 0.164 e. The number of rotatable bonds is 7. The second-order valence-corrected chi connectivity index (χ2v) is 20.2. The minimum atomic E-state index is 0.265. The van der Waals surface area contributed by atoms with Gasteiger partial charge >= 0.3 is 0 Å². The summed E-state index contributed by atoms with van der Waals surface area (Å²) in [7, 11) is 0. The van der Waals surface area contributed by atoms with Crippen LogP contribution in [-0.4, -0.2) is 15.0 Å². The van der Waals surface area contributed by atoms with E-state index in [1.54, 1.807) is 0 Å². The lowest BCUT2D eigenvalue weighted by Gasteiger charge is -2.50. The first-order chi connectivity index (χ1) is 29.1. The number of hydrogen-bond acceptors (Lipinski definition) is 4. The molecule has 1 heterocycles. The van der Waals surface area contributed by atoms with Crippen LogP contribution in [0.2, 0.25) is 0 Å². The van der Waals surface area contributed by atoms with Gasteiger partial charge < -0.3 is 0 Å². The second-order valence-electron chi connectivity index (χ2n) is 20.2. The van der Waals surface area contributed by atoms with E-state index in [0.717, 1.165) is 74.5 Å². The van der Waals surface area contributed by atoms with E-state index < -0.39 is 0 Å². The number of aromatic nitrogens is 3. The topological polar surface area (TPSA) is 62.5 Å². The summed E-state index contributed by atoms with van der Waals surface area (Å²) in [4.78, 5) is 15.7. The molecule has 8 atom stereocenters. The number of nitrogens with zero attached hydrogens (tertiary/aromatic N) is 4. The summed E-state index contributed by atoms with van der Waals surface area (Å²) in [5.74, 6) is 6.76. The van der Waals surface area contributed by atoms with Gasteiger partial charge in [0.15, 0.2) is 17.5 Å². The van der Waals surface area contributed by atoms with Crippen LogP contribution in [0.3, 0.4) is 0 Å². The molecule has 0 spiro atoms. The molecule has 0 N–H and O–H groups in total. The Bertz CT molecular complexity index is 2490. The Hall–Kier alpha value is -5.40. The molecule has 4 fully saturated rings. The van der Waals surface area contributed by atoms with E-state index in [1.807, 2.05) is 30.3 Å². The molecule has 60 heavy (non-hydrogen) atoms. The highest BCUT2D eigenvalue weighted by atomic mass is 15.0. The molecule has 0 amide bonds. The zero-order chi connectivity index (χ0) is 41.0. The van der Waals surface area contributed by atoms with Gasteiger partial charge in [0.25, 0.3) is 0 Å². The highest BCUT2D eigenvalue weighted by Crippen LogP contribution is 2.55. The Morgan fingerprint density at radius 3 is 1.37 bits per heavy atom. The predicted molar refractivity (Wildman–Crippen MR) is 245 cm³/mol. The first kappa shape index (κ1) is 38.8. The molecule has 10 rings (SSSR count). The minimum Gasteiger partial charge on any atom is -0.208 e. The van der Waals surface area contributed by atoms with E-state index in [0.29, 0.717) is 23.0 Å². The van der Waals surface area contributed by atoms with Crippen molar-refractivity contribution in [3.8, 4) is 62.5 Å². The van der Waals surface area contributed by atoms with Gasteiger partial charge in [0.2, 0.25) is 0 Å². The number of hydrogen-bond donors (Lipinski definition) is 0. The average Bonchev–Trinajstić information content (AvgIpc) is 3.25. The molecular weight excluding hydrogens is 729 g/mol. The van der Waals surface area contributed by atoms with Crippen molar-refractivity contribution in [2.24, 2.45) is 35.5 Å².